The molecule has 0 aliphatic carbocycles. The first-order valence-corrected chi connectivity index (χ1v) is 4.39. The van der Waals surface area contributed by atoms with Gasteiger partial charge < -0.3 is 4.90 Å². The summed E-state index contributed by atoms with van der Waals surface area (Å²) >= 11 is 0. The van der Waals surface area contributed by atoms with Crippen LogP contribution in [0.15, 0.2) is 24.3 Å². The summed E-state index contributed by atoms with van der Waals surface area (Å²) in [4.78, 5) is 2.21. The molecule has 1 nitrogen and oxygen atoms in total. The largest absolute Gasteiger partial charge is 0.309 e. The lowest BCUT2D eigenvalue weighted by Crippen LogP contribution is -2.13. The fourth-order valence-corrected chi connectivity index (χ4v) is 1.17. The topological polar surface area (TPSA) is 3.24 Å². The van der Waals surface area contributed by atoms with Gasteiger partial charge in [-0.1, -0.05) is 24.3 Å². The van der Waals surface area contributed by atoms with E-state index in [-0.39, 0.29) is 0 Å². The normalized spacial score (nSPS) is 10.6. The highest BCUT2D eigenvalue weighted by atomic mass is 15.0. The van der Waals surface area contributed by atoms with E-state index in [1.54, 1.807) is 0 Å². The third-order valence-electron chi connectivity index (χ3n) is 1.82. The Hall–Kier alpha value is -0.820. The highest BCUT2D eigenvalue weighted by Crippen LogP contribution is 2.01. The first kappa shape index (κ1) is 9.27. The molecule has 0 N–H and O–H groups in total. The lowest BCUT2D eigenvalue weighted by atomic mass is 10.1. The van der Waals surface area contributed by atoms with Gasteiger partial charge in [-0.3, -0.25) is 0 Å². The molecule has 0 saturated heterocycles. The number of aryl methyl sites for hydroxylation is 1. The minimum absolute atomic E-state index is 1.14. The second-order valence-electron chi connectivity index (χ2n) is 3.29. The summed E-state index contributed by atoms with van der Waals surface area (Å²) < 4.78 is 0. The van der Waals surface area contributed by atoms with E-state index in [1.165, 1.54) is 12.0 Å². The van der Waals surface area contributed by atoms with Gasteiger partial charge in [0.05, 0.1) is 0 Å². The Balaban J connectivity index is 2.25. The van der Waals surface area contributed by atoms with Crippen LogP contribution in [0.4, 0.5) is 0 Å². The molecule has 0 aliphatic rings. The van der Waals surface area contributed by atoms with Gasteiger partial charge in [0.2, 0.25) is 0 Å². The van der Waals surface area contributed by atoms with E-state index in [4.69, 9.17) is 0 Å². The summed E-state index contributed by atoms with van der Waals surface area (Å²) in [5.41, 5.74) is 1.32. The molecule has 0 heterocycles. The van der Waals surface area contributed by atoms with Gasteiger partial charge in [0, 0.05) is 0 Å². The molecule has 1 rings (SSSR count). The minimum Gasteiger partial charge on any atom is -0.309 e. The SMILES string of the molecule is CN(C)CCCc1[c]cccc1. The van der Waals surface area contributed by atoms with Gasteiger partial charge in [-0.15, -0.1) is 0 Å². The molecule has 0 aliphatic heterocycles. The molecule has 0 aromatic heterocycles. The fraction of sp³-hybridized carbons (Fsp3) is 0.455. The van der Waals surface area contributed by atoms with E-state index in [1.807, 2.05) is 12.1 Å². The van der Waals surface area contributed by atoms with Gasteiger partial charge in [-0.2, -0.15) is 0 Å². The number of hydrogen-bond acceptors (Lipinski definition) is 1. The van der Waals surface area contributed by atoms with Crippen LogP contribution >= 0.6 is 0 Å². The fourth-order valence-electron chi connectivity index (χ4n) is 1.17. The summed E-state index contributed by atoms with van der Waals surface area (Å²) in [5, 5.41) is 0. The Morgan fingerprint density at radius 3 is 2.75 bits per heavy atom. The Morgan fingerprint density at radius 2 is 2.17 bits per heavy atom. The molecule has 0 unspecified atom stereocenters. The zero-order valence-corrected chi connectivity index (χ0v) is 7.88. The van der Waals surface area contributed by atoms with Crippen LogP contribution in [-0.2, 0) is 6.42 Å². The van der Waals surface area contributed by atoms with E-state index in [9.17, 15) is 0 Å². The van der Waals surface area contributed by atoms with Gasteiger partial charge in [0.15, 0.2) is 0 Å². The Bertz CT molecular complexity index is 204. The zero-order valence-electron chi connectivity index (χ0n) is 7.88. The summed E-state index contributed by atoms with van der Waals surface area (Å²) in [6.45, 7) is 1.16. The average Bonchev–Trinajstić information content (AvgIpc) is 2.05. The molecule has 0 saturated carbocycles. The molecule has 12 heavy (non-hydrogen) atoms. The Kier molecular flexibility index (Phi) is 3.81. The summed E-state index contributed by atoms with van der Waals surface area (Å²) in [5.74, 6) is 0. The van der Waals surface area contributed by atoms with Crippen LogP contribution in [0.2, 0.25) is 0 Å². The minimum atomic E-state index is 1.14. The van der Waals surface area contributed by atoms with Crippen LogP contribution in [-0.4, -0.2) is 25.5 Å². The zero-order chi connectivity index (χ0) is 8.81. The standard InChI is InChI=1S/C11H16N/c1-12(2)10-6-9-11-7-4-3-5-8-11/h3-5,7H,6,9-10H2,1-2H3. The molecule has 0 atom stereocenters. The molecule has 1 aromatic rings. The van der Waals surface area contributed by atoms with Gasteiger partial charge in [-0.05, 0) is 45.1 Å². The molecule has 1 radical (unpaired) electrons. The molecule has 0 bridgehead atoms. The number of benzene rings is 1. The van der Waals surface area contributed by atoms with Crippen molar-refractivity contribution in [1.29, 1.82) is 0 Å². The van der Waals surface area contributed by atoms with Crippen LogP contribution < -0.4 is 0 Å². The van der Waals surface area contributed by atoms with Crippen LogP contribution in [0.1, 0.15) is 12.0 Å². The van der Waals surface area contributed by atoms with Crippen molar-refractivity contribution in [2.24, 2.45) is 0 Å². The van der Waals surface area contributed by atoms with Crippen molar-refractivity contribution >= 4 is 0 Å². The summed E-state index contributed by atoms with van der Waals surface area (Å²) in [6, 6.07) is 11.4. The molecule has 0 fully saturated rings. The maximum absolute atomic E-state index is 3.22. The quantitative estimate of drug-likeness (QED) is 0.654. The van der Waals surface area contributed by atoms with Crippen molar-refractivity contribution in [3.63, 3.8) is 0 Å². The van der Waals surface area contributed by atoms with Crippen molar-refractivity contribution in [2.45, 2.75) is 12.8 Å². The molecule has 1 heteroatoms. The third kappa shape index (κ3) is 3.54. The second-order valence-corrected chi connectivity index (χ2v) is 3.29. The van der Waals surface area contributed by atoms with Gasteiger partial charge in [-0.25, -0.2) is 0 Å². The van der Waals surface area contributed by atoms with E-state index in [2.05, 4.69) is 37.2 Å². The first-order valence-electron chi connectivity index (χ1n) is 4.39. The Labute approximate surface area is 75.0 Å². The van der Waals surface area contributed by atoms with E-state index in [0.717, 1.165) is 13.0 Å². The van der Waals surface area contributed by atoms with Crippen molar-refractivity contribution in [3.8, 4) is 0 Å². The van der Waals surface area contributed by atoms with Gasteiger partial charge in [0.25, 0.3) is 0 Å². The van der Waals surface area contributed by atoms with Gasteiger partial charge >= 0.3 is 0 Å². The highest BCUT2D eigenvalue weighted by Gasteiger charge is 1.92. The molecule has 1 aromatic carbocycles. The predicted molar refractivity (Wildman–Crippen MR) is 52.2 cm³/mol. The second kappa shape index (κ2) is 4.94. The highest BCUT2D eigenvalue weighted by molar-refractivity contribution is 5.12. The van der Waals surface area contributed by atoms with Crippen LogP contribution in [0.3, 0.4) is 0 Å². The molecular formula is C11H16N. The van der Waals surface area contributed by atoms with Crippen molar-refractivity contribution in [1.82, 2.24) is 4.90 Å². The van der Waals surface area contributed by atoms with Crippen molar-refractivity contribution < 1.29 is 0 Å². The number of nitrogens with zero attached hydrogens (tertiary/aromatic N) is 1. The van der Waals surface area contributed by atoms with Crippen LogP contribution in [0, 0.1) is 6.07 Å². The maximum Gasteiger partial charge on any atom is -0.00217 e. The van der Waals surface area contributed by atoms with Crippen molar-refractivity contribution in [3.05, 3.63) is 35.9 Å². The number of rotatable bonds is 4. The monoisotopic (exact) mass is 162 g/mol. The molecule has 65 valence electrons. The Morgan fingerprint density at radius 1 is 1.33 bits per heavy atom. The third-order valence-corrected chi connectivity index (χ3v) is 1.82. The van der Waals surface area contributed by atoms with Crippen LogP contribution in [0.5, 0.6) is 0 Å². The molecule has 0 spiro atoms. The molecule has 0 amide bonds. The lowest BCUT2D eigenvalue weighted by molar-refractivity contribution is 0.400. The molecular weight excluding hydrogens is 146 g/mol. The average molecular weight is 162 g/mol. The van der Waals surface area contributed by atoms with Crippen molar-refractivity contribution in [2.75, 3.05) is 20.6 Å². The summed E-state index contributed by atoms with van der Waals surface area (Å²) in [6.07, 6.45) is 2.35. The maximum atomic E-state index is 3.22. The summed E-state index contributed by atoms with van der Waals surface area (Å²) in [7, 11) is 4.21. The first-order chi connectivity index (χ1) is 5.79. The van der Waals surface area contributed by atoms with E-state index in [0.29, 0.717) is 0 Å². The van der Waals surface area contributed by atoms with Gasteiger partial charge in [0.1, 0.15) is 0 Å². The lowest BCUT2D eigenvalue weighted by Gasteiger charge is -2.08. The van der Waals surface area contributed by atoms with Crippen LogP contribution in [0.25, 0.3) is 0 Å². The number of hydrogen-bond donors (Lipinski definition) is 0. The van der Waals surface area contributed by atoms with E-state index < -0.39 is 0 Å². The predicted octanol–water partition coefficient (Wildman–Crippen LogP) is 1.98. The van der Waals surface area contributed by atoms with E-state index >= 15 is 0 Å². The smallest absolute Gasteiger partial charge is 0.00217 e.